The third-order valence-electron chi connectivity index (χ3n) is 4.65. The molecule has 2 aromatic carbocycles. The lowest BCUT2D eigenvalue weighted by atomic mass is 10.2. The van der Waals surface area contributed by atoms with Crippen molar-refractivity contribution in [3.8, 4) is 11.3 Å². The van der Waals surface area contributed by atoms with E-state index in [1.54, 1.807) is 24.4 Å². The quantitative estimate of drug-likeness (QED) is 0.385. The number of nitrogens with zero attached hydrogens (tertiary/aromatic N) is 3. The molecule has 156 valence electrons. The Labute approximate surface area is 189 Å². The molecular weight excluding hydrogens is 433 g/mol. The SMILES string of the molecule is O=C(CCc1ncc(-c2ccc(Cl)cc2Cl)o1)N=c1ccccn1Cc1ccccc1. The second kappa shape index (κ2) is 9.77. The van der Waals surface area contributed by atoms with Crippen molar-refractivity contribution in [2.24, 2.45) is 4.99 Å². The molecule has 4 aromatic rings. The van der Waals surface area contributed by atoms with Gasteiger partial charge in [-0.1, -0.05) is 59.6 Å². The number of carbonyl (C=O) groups is 1. The Morgan fingerprint density at radius 3 is 2.65 bits per heavy atom. The Morgan fingerprint density at radius 2 is 1.84 bits per heavy atom. The fraction of sp³-hybridized carbons (Fsp3) is 0.125. The number of carbonyl (C=O) groups excluding carboxylic acids is 1. The van der Waals surface area contributed by atoms with Crippen LogP contribution in [0, 0.1) is 0 Å². The van der Waals surface area contributed by atoms with Gasteiger partial charge in [-0.3, -0.25) is 4.79 Å². The molecule has 4 rings (SSSR count). The van der Waals surface area contributed by atoms with E-state index in [1.165, 1.54) is 0 Å². The van der Waals surface area contributed by atoms with Crippen LogP contribution in [0.3, 0.4) is 0 Å². The van der Waals surface area contributed by atoms with Gasteiger partial charge in [-0.05, 0) is 35.9 Å². The van der Waals surface area contributed by atoms with E-state index in [1.807, 2.05) is 59.3 Å². The predicted molar refractivity (Wildman–Crippen MR) is 121 cm³/mol. The average molecular weight is 452 g/mol. The molecule has 0 unspecified atom stereocenters. The number of aryl methyl sites for hydroxylation is 1. The number of pyridine rings is 1. The summed E-state index contributed by atoms with van der Waals surface area (Å²) in [6.45, 7) is 0.638. The normalized spacial score (nSPS) is 11.6. The lowest BCUT2D eigenvalue weighted by Gasteiger charge is -2.07. The molecule has 2 heterocycles. The van der Waals surface area contributed by atoms with Gasteiger partial charge in [-0.15, -0.1) is 0 Å². The minimum atomic E-state index is -0.239. The molecule has 2 aromatic heterocycles. The molecule has 0 atom stereocenters. The highest BCUT2D eigenvalue weighted by molar-refractivity contribution is 6.36. The van der Waals surface area contributed by atoms with Gasteiger partial charge in [0.15, 0.2) is 11.7 Å². The topological polar surface area (TPSA) is 60.4 Å². The lowest BCUT2D eigenvalue weighted by Crippen LogP contribution is -2.22. The first kappa shape index (κ1) is 21.1. The largest absolute Gasteiger partial charge is 0.441 e. The van der Waals surface area contributed by atoms with Gasteiger partial charge in [0.25, 0.3) is 0 Å². The van der Waals surface area contributed by atoms with Crippen LogP contribution in [0.1, 0.15) is 17.9 Å². The van der Waals surface area contributed by atoms with E-state index < -0.39 is 0 Å². The fourth-order valence-corrected chi connectivity index (χ4v) is 3.62. The van der Waals surface area contributed by atoms with Crippen molar-refractivity contribution in [1.82, 2.24) is 9.55 Å². The van der Waals surface area contributed by atoms with Gasteiger partial charge in [0.2, 0.25) is 5.91 Å². The fourth-order valence-electron chi connectivity index (χ4n) is 3.12. The summed E-state index contributed by atoms with van der Waals surface area (Å²) in [4.78, 5) is 21.0. The van der Waals surface area contributed by atoms with Crippen molar-refractivity contribution in [1.29, 1.82) is 0 Å². The van der Waals surface area contributed by atoms with Gasteiger partial charge >= 0.3 is 0 Å². The highest BCUT2D eigenvalue weighted by Gasteiger charge is 2.12. The maximum Gasteiger partial charge on any atom is 0.248 e. The molecule has 0 bridgehead atoms. The van der Waals surface area contributed by atoms with Gasteiger partial charge in [-0.25, -0.2) is 4.98 Å². The Balaban J connectivity index is 1.44. The molecule has 0 radical (unpaired) electrons. The summed E-state index contributed by atoms with van der Waals surface area (Å²) < 4.78 is 7.70. The average Bonchev–Trinajstić information content (AvgIpc) is 3.23. The molecule has 0 aliphatic heterocycles. The van der Waals surface area contributed by atoms with Crippen LogP contribution in [-0.2, 0) is 17.8 Å². The molecular formula is C24H19Cl2N3O2. The van der Waals surface area contributed by atoms with Crippen molar-refractivity contribution in [2.75, 3.05) is 0 Å². The highest BCUT2D eigenvalue weighted by atomic mass is 35.5. The summed E-state index contributed by atoms with van der Waals surface area (Å²) in [5.41, 5.74) is 2.44. The standard InChI is InChI=1S/C24H19Cl2N3O2/c25-18-9-10-19(20(26)14-18)21-15-27-24(31-21)12-11-23(30)28-22-8-4-5-13-29(22)16-17-6-2-1-3-7-17/h1-10,13-15H,11-12,16H2. The summed E-state index contributed by atoms with van der Waals surface area (Å²) in [6, 6.07) is 20.8. The van der Waals surface area contributed by atoms with E-state index >= 15 is 0 Å². The van der Waals surface area contributed by atoms with E-state index in [0.717, 1.165) is 5.56 Å². The first-order valence-electron chi connectivity index (χ1n) is 9.75. The predicted octanol–water partition coefficient (Wildman–Crippen LogP) is 5.56. The van der Waals surface area contributed by atoms with E-state index in [0.29, 0.717) is 45.7 Å². The Morgan fingerprint density at radius 1 is 1.03 bits per heavy atom. The molecule has 7 heteroatoms. The van der Waals surface area contributed by atoms with Gasteiger partial charge < -0.3 is 8.98 Å². The summed E-state index contributed by atoms with van der Waals surface area (Å²) in [5.74, 6) is 0.747. The van der Waals surface area contributed by atoms with Crippen LogP contribution in [0.25, 0.3) is 11.3 Å². The highest BCUT2D eigenvalue weighted by Crippen LogP contribution is 2.30. The van der Waals surface area contributed by atoms with Crippen LogP contribution >= 0.6 is 23.2 Å². The molecule has 0 N–H and O–H groups in total. The first-order chi connectivity index (χ1) is 15.1. The number of aromatic nitrogens is 2. The zero-order valence-corrected chi connectivity index (χ0v) is 18.1. The molecule has 0 fully saturated rings. The maximum absolute atomic E-state index is 12.5. The number of amides is 1. The van der Waals surface area contributed by atoms with Crippen LogP contribution in [0.2, 0.25) is 10.0 Å². The number of hydrogen-bond donors (Lipinski definition) is 0. The minimum Gasteiger partial charge on any atom is -0.441 e. The van der Waals surface area contributed by atoms with E-state index in [4.69, 9.17) is 27.6 Å². The second-order valence-corrected chi connectivity index (χ2v) is 7.76. The molecule has 0 aliphatic carbocycles. The third-order valence-corrected chi connectivity index (χ3v) is 5.20. The summed E-state index contributed by atoms with van der Waals surface area (Å²) >= 11 is 12.2. The Kier molecular flexibility index (Phi) is 6.65. The minimum absolute atomic E-state index is 0.189. The number of benzene rings is 2. The maximum atomic E-state index is 12.5. The zero-order chi connectivity index (χ0) is 21.6. The van der Waals surface area contributed by atoms with Gasteiger partial charge in [0.05, 0.1) is 11.2 Å². The molecule has 0 saturated carbocycles. The smallest absolute Gasteiger partial charge is 0.248 e. The van der Waals surface area contributed by atoms with E-state index in [9.17, 15) is 4.79 Å². The van der Waals surface area contributed by atoms with Crippen molar-refractivity contribution in [2.45, 2.75) is 19.4 Å². The first-order valence-corrected chi connectivity index (χ1v) is 10.5. The van der Waals surface area contributed by atoms with Crippen molar-refractivity contribution in [3.63, 3.8) is 0 Å². The van der Waals surface area contributed by atoms with Crippen LogP contribution < -0.4 is 5.49 Å². The zero-order valence-electron chi connectivity index (χ0n) is 16.5. The second-order valence-electron chi connectivity index (χ2n) is 6.92. The Hall–Kier alpha value is -3.15. The number of oxazole rings is 1. The van der Waals surface area contributed by atoms with E-state index in [2.05, 4.69) is 9.98 Å². The molecule has 0 spiro atoms. The molecule has 1 amide bonds. The number of hydrogen-bond acceptors (Lipinski definition) is 3. The number of halogens is 2. The molecule has 0 saturated heterocycles. The van der Waals surface area contributed by atoms with Gasteiger partial charge in [0, 0.05) is 36.2 Å². The molecule has 0 aliphatic rings. The van der Waals surface area contributed by atoms with Crippen molar-refractivity contribution < 1.29 is 9.21 Å². The van der Waals surface area contributed by atoms with Crippen LogP contribution in [-0.4, -0.2) is 15.5 Å². The van der Waals surface area contributed by atoms with Crippen LogP contribution in [0.4, 0.5) is 0 Å². The Bertz CT molecular complexity index is 1260. The molecule has 31 heavy (non-hydrogen) atoms. The van der Waals surface area contributed by atoms with Crippen molar-refractivity contribution >= 4 is 29.1 Å². The van der Waals surface area contributed by atoms with E-state index in [-0.39, 0.29) is 12.3 Å². The summed E-state index contributed by atoms with van der Waals surface area (Å²) in [6.07, 6.45) is 4.04. The molecule has 5 nitrogen and oxygen atoms in total. The lowest BCUT2D eigenvalue weighted by molar-refractivity contribution is -0.118. The van der Waals surface area contributed by atoms with Crippen LogP contribution in [0.5, 0.6) is 0 Å². The van der Waals surface area contributed by atoms with Crippen molar-refractivity contribution in [3.05, 3.63) is 106 Å². The monoisotopic (exact) mass is 451 g/mol. The van der Waals surface area contributed by atoms with Crippen LogP contribution in [0.15, 0.2) is 88.5 Å². The van der Waals surface area contributed by atoms with Gasteiger partial charge in [0.1, 0.15) is 5.49 Å². The summed E-state index contributed by atoms with van der Waals surface area (Å²) in [7, 11) is 0. The third kappa shape index (κ3) is 5.51. The summed E-state index contributed by atoms with van der Waals surface area (Å²) in [5, 5.41) is 1.03. The van der Waals surface area contributed by atoms with Gasteiger partial charge in [-0.2, -0.15) is 4.99 Å². The number of rotatable bonds is 6.